The van der Waals surface area contributed by atoms with E-state index in [-0.39, 0.29) is 23.1 Å². The predicted molar refractivity (Wildman–Crippen MR) is 147 cm³/mol. The van der Waals surface area contributed by atoms with Crippen LogP contribution in [0.2, 0.25) is 25.7 Å². The Morgan fingerprint density at radius 1 is 1.15 bits per heavy atom. The first-order valence-corrected chi connectivity index (χ1v) is 17.5. The van der Waals surface area contributed by atoms with Crippen molar-refractivity contribution < 1.29 is 31.1 Å². The summed E-state index contributed by atoms with van der Waals surface area (Å²) >= 11 is 0. The van der Waals surface area contributed by atoms with E-state index < -0.39 is 29.8 Å². The van der Waals surface area contributed by atoms with Crippen LogP contribution in [0.4, 0.5) is 18.9 Å². The average molecular weight is 597 g/mol. The summed E-state index contributed by atoms with van der Waals surface area (Å²) in [5, 5.41) is 9.10. The molecule has 0 radical (unpaired) electrons. The SMILES string of the molecule is COc1ccc2c(c(C)nn2COCC[Si](C)(C)C)c1N(C)S(=O)(=O)c1cnn(-c2cc(C(F)(F)F)ccn2)c1. The number of benzene rings is 1. The third-order valence-electron chi connectivity index (χ3n) is 6.30. The van der Waals surface area contributed by atoms with Gasteiger partial charge in [0.1, 0.15) is 23.1 Å². The molecule has 0 fully saturated rings. The van der Waals surface area contributed by atoms with E-state index in [1.54, 1.807) is 23.7 Å². The van der Waals surface area contributed by atoms with E-state index in [0.717, 1.165) is 45.8 Å². The van der Waals surface area contributed by atoms with Crippen molar-refractivity contribution in [3.8, 4) is 11.6 Å². The summed E-state index contributed by atoms with van der Waals surface area (Å²) in [4.78, 5) is 3.66. The lowest BCUT2D eigenvalue weighted by Crippen LogP contribution is -2.27. The highest BCUT2D eigenvalue weighted by Crippen LogP contribution is 2.40. The highest BCUT2D eigenvalue weighted by atomic mass is 32.2. The highest BCUT2D eigenvalue weighted by molar-refractivity contribution is 7.92. The summed E-state index contributed by atoms with van der Waals surface area (Å²) in [5.74, 6) is 0.123. The number of aryl methyl sites for hydroxylation is 1. The molecular formula is C25H31F3N6O4SSi. The van der Waals surface area contributed by atoms with E-state index in [0.29, 0.717) is 29.0 Å². The van der Waals surface area contributed by atoms with Gasteiger partial charge in [-0.15, -0.1) is 0 Å². The van der Waals surface area contributed by atoms with Crippen molar-refractivity contribution in [2.45, 2.75) is 50.4 Å². The Labute approximate surface area is 231 Å². The van der Waals surface area contributed by atoms with Crippen LogP contribution in [0.25, 0.3) is 16.7 Å². The summed E-state index contributed by atoms with van der Waals surface area (Å²) in [6.07, 6.45) is -1.43. The maximum Gasteiger partial charge on any atom is 0.416 e. The smallest absolute Gasteiger partial charge is 0.416 e. The van der Waals surface area contributed by atoms with E-state index in [2.05, 4.69) is 34.8 Å². The molecule has 0 amide bonds. The van der Waals surface area contributed by atoms with Gasteiger partial charge in [0.25, 0.3) is 10.0 Å². The van der Waals surface area contributed by atoms with Crippen molar-refractivity contribution in [1.29, 1.82) is 0 Å². The fourth-order valence-electron chi connectivity index (χ4n) is 4.09. The van der Waals surface area contributed by atoms with Gasteiger partial charge in [-0.25, -0.2) is 22.8 Å². The van der Waals surface area contributed by atoms with Gasteiger partial charge >= 0.3 is 6.18 Å². The number of ether oxygens (including phenoxy) is 2. The quantitative estimate of drug-likeness (QED) is 0.186. The second-order valence-corrected chi connectivity index (χ2v) is 18.0. The van der Waals surface area contributed by atoms with Crippen LogP contribution in [-0.4, -0.2) is 61.8 Å². The van der Waals surface area contributed by atoms with Crippen LogP contribution in [0.1, 0.15) is 11.3 Å². The lowest BCUT2D eigenvalue weighted by atomic mass is 10.1. The number of anilines is 1. The number of halogens is 3. The van der Waals surface area contributed by atoms with Gasteiger partial charge in [-0.2, -0.15) is 23.4 Å². The van der Waals surface area contributed by atoms with Crippen LogP contribution in [0, 0.1) is 6.92 Å². The molecule has 40 heavy (non-hydrogen) atoms. The van der Waals surface area contributed by atoms with Crippen molar-refractivity contribution in [3.63, 3.8) is 0 Å². The van der Waals surface area contributed by atoms with Gasteiger partial charge in [0.05, 0.1) is 41.7 Å². The Kier molecular flexibility index (Phi) is 8.02. The first-order valence-electron chi connectivity index (χ1n) is 12.3. The molecule has 4 rings (SSSR count). The normalized spacial score (nSPS) is 12.7. The number of nitrogens with zero attached hydrogens (tertiary/aromatic N) is 6. The Hall–Kier alpha value is -3.43. The van der Waals surface area contributed by atoms with Crippen LogP contribution >= 0.6 is 0 Å². The molecule has 0 bridgehead atoms. The zero-order valence-electron chi connectivity index (χ0n) is 23.0. The summed E-state index contributed by atoms with van der Waals surface area (Å²) in [5.41, 5.74) is 0.564. The predicted octanol–water partition coefficient (Wildman–Crippen LogP) is 5.09. The van der Waals surface area contributed by atoms with Crippen molar-refractivity contribution in [1.82, 2.24) is 24.5 Å². The van der Waals surface area contributed by atoms with Crippen molar-refractivity contribution in [2.75, 3.05) is 25.1 Å². The molecule has 0 saturated heterocycles. The molecule has 0 N–H and O–H groups in total. The van der Waals surface area contributed by atoms with Crippen LogP contribution in [-0.2, 0) is 27.7 Å². The Bertz CT molecular complexity index is 1630. The van der Waals surface area contributed by atoms with E-state index in [1.807, 2.05) is 0 Å². The molecule has 0 saturated carbocycles. The van der Waals surface area contributed by atoms with Crippen LogP contribution in [0.3, 0.4) is 0 Å². The van der Waals surface area contributed by atoms with Gasteiger partial charge in [0.15, 0.2) is 5.82 Å². The Morgan fingerprint density at radius 2 is 1.88 bits per heavy atom. The molecule has 3 heterocycles. The average Bonchev–Trinajstić information content (AvgIpc) is 3.50. The molecule has 3 aromatic heterocycles. The third kappa shape index (κ3) is 6.00. The van der Waals surface area contributed by atoms with Gasteiger partial charge in [-0.05, 0) is 37.2 Å². The number of rotatable bonds is 10. The molecule has 1 aromatic carbocycles. The van der Waals surface area contributed by atoms with Crippen molar-refractivity contribution >= 4 is 34.7 Å². The molecule has 0 aliphatic carbocycles. The summed E-state index contributed by atoms with van der Waals surface area (Å²) < 4.78 is 82.0. The molecule has 0 aliphatic heterocycles. The standard InChI is InChI=1S/C25H31F3N6O4SSi/c1-17-23-20(34(31-17)16-38-11-12-40(4,5)6)7-8-21(37-3)24(23)32(2)39(35,36)19-14-30-33(15-19)22-13-18(9-10-29-22)25(26,27)28/h7-10,13-15H,11-12,16H2,1-6H3. The zero-order chi connectivity index (χ0) is 29.5. The third-order valence-corrected chi connectivity index (χ3v) is 9.71. The Balaban J connectivity index is 1.69. The first-order chi connectivity index (χ1) is 18.6. The molecule has 0 unspecified atom stereocenters. The number of hydrogen-bond donors (Lipinski definition) is 0. The second kappa shape index (κ2) is 10.9. The molecule has 4 aromatic rings. The minimum absolute atomic E-state index is 0.176. The Morgan fingerprint density at radius 3 is 2.52 bits per heavy atom. The van der Waals surface area contributed by atoms with Gasteiger partial charge in [0, 0.05) is 27.9 Å². The highest BCUT2D eigenvalue weighted by Gasteiger charge is 2.32. The van der Waals surface area contributed by atoms with E-state index in [9.17, 15) is 21.6 Å². The maximum atomic E-state index is 13.7. The summed E-state index contributed by atoms with van der Waals surface area (Å²) in [6, 6.07) is 6.05. The number of pyridine rings is 1. The van der Waals surface area contributed by atoms with Gasteiger partial charge in [0.2, 0.25) is 0 Å². The van der Waals surface area contributed by atoms with Crippen LogP contribution in [0.15, 0.2) is 47.8 Å². The monoisotopic (exact) mass is 596 g/mol. The van der Waals surface area contributed by atoms with E-state index in [1.165, 1.54) is 14.2 Å². The largest absolute Gasteiger partial charge is 0.495 e. The number of aromatic nitrogens is 5. The number of fused-ring (bicyclic) bond motifs is 1. The molecule has 15 heteroatoms. The fraction of sp³-hybridized carbons (Fsp3) is 0.400. The first kappa shape index (κ1) is 29.5. The van der Waals surface area contributed by atoms with Crippen LogP contribution in [0.5, 0.6) is 5.75 Å². The number of hydrogen-bond acceptors (Lipinski definition) is 7. The van der Waals surface area contributed by atoms with Crippen molar-refractivity contribution in [3.05, 3.63) is 54.1 Å². The maximum absolute atomic E-state index is 13.7. The topological polar surface area (TPSA) is 104 Å². The van der Waals surface area contributed by atoms with Gasteiger partial charge < -0.3 is 9.47 Å². The molecule has 216 valence electrons. The van der Waals surface area contributed by atoms with Gasteiger partial charge in [-0.1, -0.05) is 19.6 Å². The van der Waals surface area contributed by atoms with E-state index in [4.69, 9.17) is 9.47 Å². The summed E-state index contributed by atoms with van der Waals surface area (Å²) in [7, 11) is -2.70. The number of methoxy groups -OCH3 is 1. The summed E-state index contributed by atoms with van der Waals surface area (Å²) in [6.45, 7) is 9.35. The number of sulfonamides is 1. The minimum Gasteiger partial charge on any atom is -0.495 e. The van der Waals surface area contributed by atoms with Gasteiger partial charge in [-0.3, -0.25) is 4.31 Å². The lowest BCUT2D eigenvalue weighted by molar-refractivity contribution is -0.137. The lowest BCUT2D eigenvalue weighted by Gasteiger charge is -2.22. The molecule has 0 spiro atoms. The number of alkyl halides is 3. The van der Waals surface area contributed by atoms with E-state index >= 15 is 0 Å². The van der Waals surface area contributed by atoms with Crippen LogP contribution < -0.4 is 9.04 Å². The molecule has 0 atom stereocenters. The fourth-order valence-corrected chi connectivity index (χ4v) is 5.99. The molecular weight excluding hydrogens is 565 g/mol. The second-order valence-electron chi connectivity index (χ2n) is 10.4. The minimum atomic E-state index is -4.59. The molecule has 0 aliphatic rings. The zero-order valence-corrected chi connectivity index (χ0v) is 24.8. The molecule has 10 nitrogen and oxygen atoms in total. The van der Waals surface area contributed by atoms with Crippen molar-refractivity contribution in [2.24, 2.45) is 0 Å².